The molecule has 1 aromatic carbocycles. The molecule has 2 fully saturated rings. The van der Waals surface area contributed by atoms with Crippen molar-refractivity contribution in [3.63, 3.8) is 0 Å². The Bertz CT molecular complexity index is 824. The molecule has 2 amide bonds. The predicted octanol–water partition coefficient (Wildman–Crippen LogP) is 2.52. The Morgan fingerprint density at radius 1 is 1.19 bits per heavy atom. The fourth-order valence-corrected chi connectivity index (χ4v) is 4.22. The molecule has 1 saturated heterocycles. The Kier molecular flexibility index (Phi) is 4.68. The third-order valence-electron chi connectivity index (χ3n) is 5.93. The molecule has 27 heavy (non-hydrogen) atoms. The first-order valence-corrected chi connectivity index (χ1v) is 9.54. The largest absolute Gasteiger partial charge is 0.342 e. The minimum atomic E-state index is 0.00179. The number of carbonyl (C=O) groups is 2. The summed E-state index contributed by atoms with van der Waals surface area (Å²) in [6.07, 6.45) is 4.02. The van der Waals surface area contributed by atoms with Gasteiger partial charge in [-0.3, -0.25) is 14.6 Å². The zero-order valence-corrected chi connectivity index (χ0v) is 15.7. The van der Waals surface area contributed by atoms with Gasteiger partial charge in [-0.15, -0.1) is 0 Å². The summed E-state index contributed by atoms with van der Waals surface area (Å²) in [6.45, 7) is 2.01. The number of aromatic nitrogens is 1. The Morgan fingerprint density at radius 2 is 1.96 bits per heavy atom. The summed E-state index contributed by atoms with van der Waals surface area (Å²) in [5.74, 6) is 0.386. The molecule has 1 aliphatic heterocycles. The van der Waals surface area contributed by atoms with Gasteiger partial charge in [0, 0.05) is 37.7 Å². The third kappa shape index (κ3) is 3.72. The van der Waals surface area contributed by atoms with Crippen LogP contribution >= 0.6 is 0 Å². The van der Waals surface area contributed by atoms with Gasteiger partial charge in [-0.1, -0.05) is 36.4 Å². The van der Waals surface area contributed by atoms with Crippen molar-refractivity contribution in [2.24, 2.45) is 11.3 Å². The third-order valence-corrected chi connectivity index (χ3v) is 5.93. The highest BCUT2D eigenvalue weighted by atomic mass is 16.2. The topological polar surface area (TPSA) is 53.5 Å². The molecule has 0 unspecified atom stereocenters. The van der Waals surface area contributed by atoms with Crippen molar-refractivity contribution in [1.29, 1.82) is 0 Å². The summed E-state index contributed by atoms with van der Waals surface area (Å²) in [6, 6.07) is 15.6. The van der Waals surface area contributed by atoms with Gasteiger partial charge in [0.25, 0.3) is 0 Å². The van der Waals surface area contributed by atoms with E-state index < -0.39 is 0 Å². The summed E-state index contributed by atoms with van der Waals surface area (Å²) in [7, 11) is 1.84. The van der Waals surface area contributed by atoms with Gasteiger partial charge in [0.1, 0.15) is 0 Å². The molecule has 0 bridgehead atoms. The Hall–Kier alpha value is -2.69. The highest BCUT2D eigenvalue weighted by Gasteiger charge is 2.61. The second-order valence-electron chi connectivity index (χ2n) is 7.86. The van der Waals surface area contributed by atoms with Crippen LogP contribution in [0.25, 0.3) is 0 Å². The van der Waals surface area contributed by atoms with Crippen molar-refractivity contribution >= 4 is 11.8 Å². The molecule has 2 aromatic rings. The van der Waals surface area contributed by atoms with Crippen LogP contribution in [-0.4, -0.2) is 46.7 Å². The van der Waals surface area contributed by atoms with Gasteiger partial charge in [-0.25, -0.2) is 0 Å². The molecule has 1 saturated carbocycles. The number of amides is 2. The lowest BCUT2D eigenvalue weighted by molar-refractivity contribution is -0.133. The highest BCUT2D eigenvalue weighted by molar-refractivity contribution is 5.84. The molecular weight excluding hydrogens is 338 g/mol. The average molecular weight is 363 g/mol. The van der Waals surface area contributed by atoms with Crippen LogP contribution in [0.1, 0.15) is 24.1 Å². The van der Waals surface area contributed by atoms with Crippen molar-refractivity contribution in [3.05, 3.63) is 66.0 Å². The van der Waals surface area contributed by atoms with Crippen molar-refractivity contribution in [1.82, 2.24) is 14.8 Å². The van der Waals surface area contributed by atoms with E-state index in [-0.39, 0.29) is 23.1 Å². The number of benzene rings is 1. The van der Waals surface area contributed by atoms with Gasteiger partial charge in [-0.05, 0) is 30.5 Å². The van der Waals surface area contributed by atoms with Gasteiger partial charge < -0.3 is 9.80 Å². The van der Waals surface area contributed by atoms with Gasteiger partial charge in [0.05, 0.1) is 18.7 Å². The molecule has 0 N–H and O–H groups in total. The molecule has 2 heterocycles. The zero-order valence-electron chi connectivity index (χ0n) is 15.7. The molecule has 0 radical (unpaired) electrons. The Balaban J connectivity index is 1.32. The van der Waals surface area contributed by atoms with Gasteiger partial charge in [-0.2, -0.15) is 0 Å². The molecule has 2 atom stereocenters. The summed E-state index contributed by atoms with van der Waals surface area (Å²) in [5, 5.41) is 0. The Morgan fingerprint density at radius 3 is 2.70 bits per heavy atom. The Labute approximate surface area is 160 Å². The van der Waals surface area contributed by atoms with E-state index in [1.54, 1.807) is 11.1 Å². The summed E-state index contributed by atoms with van der Waals surface area (Å²) < 4.78 is 0. The number of pyridine rings is 1. The average Bonchev–Trinajstić information content (AvgIpc) is 3.21. The number of carbonyl (C=O) groups excluding carboxylic acids is 2. The van der Waals surface area contributed by atoms with Crippen molar-refractivity contribution in [3.8, 4) is 0 Å². The monoisotopic (exact) mass is 363 g/mol. The van der Waals surface area contributed by atoms with Crippen LogP contribution < -0.4 is 0 Å². The lowest BCUT2D eigenvalue weighted by Crippen LogP contribution is -2.33. The summed E-state index contributed by atoms with van der Waals surface area (Å²) in [5.41, 5.74) is 1.94. The maximum absolute atomic E-state index is 12.8. The van der Waals surface area contributed by atoms with E-state index in [0.717, 1.165) is 30.6 Å². The normalized spacial score (nSPS) is 23.4. The first-order valence-electron chi connectivity index (χ1n) is 9.54. The van der Waals surface area contributed by atoms with Crippen LogP contribution in [0.4, 0.5) is 0 Å². The van der Waals surface area contributed by atoms with E-state index >= 15 is 0 Å². The quantitative estimate of drug-likeness (QED) is 0.820. The number of likely N-dealkylation sites (tertiary alicyclic amines) is 1. The summed E-state index contributed by atoms with van der Waals surface area (Å²) >= 11 is 0. The molecular formula is C22H25N3O2. The minimum absolute atomic E-state index is 0.00179. The lowest BCUT2D eigenvalue weighted by atomic mass is 10.0. The molecule has 1 spiro atoms. The maximum atomic E-state index is 12.8. The lowest BCUT2D eigenvalue weighted by Gasteiger charge is -2.19. The molecule has 1 aliphatic carbocycles. The van der Waals surface area contributed by atoms with Crippen LogP contribution in [-0.2, 0) is 22.6 Å². The predicted molar refractivity (Wildman–Crippen MR) is 103 cm³/mol. The first-order chi connectivity index (χ1) is 13.1. The van der Waals surface area contributed by atoms with Crippen LogP contribution in [0.2, 0.25) is 0 Å². The summed E-state index contributed by atoms with van der Waals surface area (Å²) in [4.78, 5) is 33.5. The van der Waals surface area contributed by atoms with Gasteiger partial charge >= 0.3 is 0 Å². The standard InChI is InChI=1S/C22H25N3O2/c1-24(15-18-9-5-6-11-23-18)21(27)19-14-22(19)10-12-25(16-22)20(26)13-17-7-3-2-4-8-17/h2-9,11,19H,10,12-16H2,1H3/t19-,22-/m1/s1. The SMILES string of the molecule is CN(Cc1ccccn1)C(=O)[C@H]1C[C@@]12CCN(C(=O)Cc1ccccc1)C2. The van der Waals surface area contributed by atoms with E-state index in [0.29, 0.717) is 19.5 Å². The second kappa shape index (κ2) is 7.14. The van der Waals surface area contributed by atoms with E-state index in [1.807, 2.05) is 60.5 Å². The highest BCUT2D eigenvalue weighted by Crippen LogP contribution is 2.59. The molecule has 4 rings (SSSR count). The molecule has 5 nitrogen and oxygen atoms in total. The minimum Gasteiger partial charge on any atom is -0.342 e. The zero-order chi connectivity index (χ0) is 18.9. The number of hydrogen-bond donors (Lipinski definition) is 0. The van der Waals surface area contributed by atoms with Gasteiger partial charge in [0.15, 0.2) is 0 Å². The fourth-order valence-electron chi connectivity index (χ4n) is 4.22. The van der Waals surface area contributed by atoms with Crippen molar-refractivity contribution in [2.75, 3.05) is 20.1 Å². The number of rotatable bonds is 5. The molecule has 140 valence electrons. The molecule has 1 aromatic heterocycles. The second-order valence-corrected chi connectivity index (χ2v) is 7.86. The van der Waals surface area contributed by atoms with Crippen LogP contribution in [0.5, 0.6) is 0 Å². The van der Waals surface area contributed by atoms with Crippen LogP contribution in [0.3, 0.4) is 0 Å². The maximum Gasteiger partial charge on any atom is 0.227 e. The van der Waals surface area contributed by atoms with E-state index in [4.69, 9.17) is 0 Å². The molecule has 2 aliphatic rings. The smallest absolute Gasteiger partial charge is 0.227 e. The van der Waals surface area contributed by atoms with Gasteiger partial charge in [0.2, 0.25) is 11.8 Å². The van der Waals surface area contributed by atoms with E-state index in [1.165, 1.54) is 0 Å². The van der Waals surface area contributed by atoms with Crippen LogP contribution in [0, 0.1) is 11.3 Å². The fraction of sp³-hybridized carbons (Fsp3) is 0.409. The van der Waals surface area contributed by atoms with E-state index in [9.17, 15) is 9.59 Å². The van der Waals surface area contributed by atoms with Crippen LogP contribution in [0.15, 0.2) is 54.7 Å². The molecule has 5 heteroatoms. The van der Waals surface area contributed by atoms with Crippen molar-refractivity contribution in [2.45, 2.75) is 25.8 Å². The van der Waals surface area contributed by atoms with Crippen molar-refractivity contribution < 1.29 is 9.59 Å². The first kappa shape index (κ1) is 17.7. The van der Waals surface area contributed by atoms with E-state index in [2.05, 4.69) is 4.98 Å². The number of nitrogens with zero attached hydrogens (tertiary/aromatic N) is 3. The number of hydrogen-bond acceptors (Lipinski definition) is 3.